The highest BCUT2D eigenvalue weighted by Crippen LogP contribution is 2.53. The fraction of sp³-hybridized carbons (Fsp3) is 0.149. The number of nitrogens with zero attached hydrogens (tertiary/aromatic N) is 1. The summed E-state index contributed by atoms with van der Waals surface area (Å²) < 4.78 is 0. The van der Waals surface area contributed by atoms with Crippen LogP contribution in [0.25, 0.3) is 44.2 Å². The van der Waals surface area contributed by atoms with E-state index in [9.17, 15) is 0 Å². The summed E-state index contributed by atoms with van der Waals surface area (Å²) >= 11 is 0. The molecule has 2 fully saturated rings. The Hall–Kier alpha value is -5.40. The van der Waals surface area contributed by atoms with Crippen molar-refractivity contribution in [1.29, 1.82) is 0 Å². The van der Waals surface area contributed by atoms with E-state index in [4.69, 9.17) is 0 Å². The monoisotopic (exact) mass is 617 g/mol. The van der Waals surface area contributed by atoms with Gasteiger partial charge in [0.15, 0.2) is 0 Å². The molecule has 0 N–H and O–H groups in total. The summed E-state index contributed by atoms with van der Waals surface area (Å²) in [6.07, 6.45) is 5.72. The maximum absolute atomic E-state index is 2.40. The second-order valence-corrected chi connectivity index (χ2v) is 13.8. The molecular weight excluding hydrogens is 579 g/mol. The van der Waals surface area contributed by atoms with Gasteiger partial charge >= 0.3 is 0 Å². The predicted molar refractivity (Wildman–Crippen MR) is 203 cm³/mol. The molecule has 0 heterocycles. The zero-order valence-electron chi connectivity index (χ0n) is 27.2. The summed E-state index contributed by atoms with van der Waals surface area (Å²) in [6, 6.07) is 62.3. The van der Waals surface area contributed by atoms with Gasteiger partial charge in [0.2, 0.25) is 0 Å². The molecular formula is C47H39N. The van der Waals surface area contributed by atoms with Gasteiger partial charge in [-0.05, 0) is 123 Å². The molecule has 48 heavy (non-hydrogen) atoms. The molecule has 9 rings (SSSR count). The highest BCUT2D eigenvalue weighted by molar-refractivity contribution is 5.97. The van der Waals surface area contributed by atoms with Crippen molar-refractivity contribution >= 4 is 27.8 Å². The summed E-state index contributed by atoms with van der Waals surface area (Å²) in [6.45, 7) is 0. The first kappa shape index (κ1) is 28.8. The zero-order valence-corrected chi connectivity index (χ0v) is 27.2. The lowest BCUT2D eigenvalue weighted by Crippen LogP contribution is -2.09. The maximum atomic E-state index is 2.40. The highest BCUT2D eigenvalue weighted by Gasteiger charge is 2.39. The SMILES string of the molecule is c1ccc(-c2ccc(N(c3ccc(-c4ccc(C5CC6CCC5C6)cc4)cc3)c3ccc(-c4cccc5ccccc45)cc3)cc2)cc1. The first-order chi connectivity index (χ1) is 23.8. The minimum atomic E-state index is 0.772. The highest BCUT2D eigenvalue weighted by atomic mass is 15.1. The lowest BCUT2D eigenvalue weighted by atomic mass is 9.83. The number of anilines is 3. The van der Waals surface area contributed by atoms with Gasteiger partial charge in [0.25, 0.3) is 0 Å². The van der Waals surface area contributed by atoms with Gasteiger partial charge in [0.05, 0.1) is 0 Å². The lowest BCUT2D eigenvalue weighted by molar-refractivity contribution is 0.420. The Morgan fingerprint density at radius 1 is 0.396 bits per heavy atom. The van der Waals surface area contributed by atoms with E-state index in [1.165, 1.54) is 69.8 Å². The van der Waals surface area contributed by atoms with Crippen molar-refractivity contribution < 1.29 is 0 Å². The average Bonchev–Trinajstić information content (AvgIpc) is 3.81. The second-order valence-electron chi connectivity index (χ2n) is 13.8. The van der Waals surface area contributed by atoms with E-state index >= 15 is 0 Å². The first-order valence-electron chi connectivity index (χ1n) is 17.5. The van der Waals surface area contributed by atoms with Gasteiger partial charge in [0.1, 0.15) is 0 Å². The maximum Gasteiger partial charge on any atom is 0.0462 e. The quantitative estimate of drug-likeness (QED) is 0.172. The van der Waals surface area contributed by atoms with Gasteiger partial charge in [-0.1, -0.05) is 140 Å². The summed E-state index contributed by atoms with van der Waals surface area (Å²) in [5.41, 5.74) is 12.4. The van der Waals surface area contributed by atoms with Crippen molar-refractivity contribution in [1.82, 2.24) is 0 Å². The summed E-state index contributed by atoms with van der Waals surface area (Å²) in [5, 5.41) is 2.54. The van der Waals surface area contributed by atoms with Crippen molar-refractivity contribution in [3.63, 3.8) is 0 Å². The van der Waals surface area contributed by atoms with Crippen LogP contribution in [0.15, 0.2) is 170 Å². The van der Waals surface area contributed by atoms with E-state index in [2.05, 4.69) is 175 Å². The Labute approximate surface area is 284 Å². The molecule has 7 aromatic rings. The van der Waals surface area contributed by atoms with E-state index in [0.717, 1.165) is 34.8 Å². The molecule has 0 saturated heterocycles. The van der Waals surface area contributed by atoms with Gasteiger partial charge in [0, 0.05) is 17.1 Å². The van der Waals surface area contributed by atoms with E-state index in [1.54, 1.807) is 5.56 Å². The Morgan fingerprint density at radius 3 is 1.50 bits per heavy atom. The third-order valence-electron chi connectivity index (χ3n) is 11.0. The van der Waals surface area contributed by atoms with Gasteiger partial charge < -0.3 is 4.90 Å². The Morgan fingerprint density at radius 2 is 0.917 bits per heavy atom. The molecule has 7 aromatic carbocycles. The van der Waals surface area contributed by atoms with Gasteiger partial charge in [-0.25, -0.2) is 0 Å². The van der Waals surface area contributed by atoms with Crippen LogP contribution < -0.4 is 4.90 Å². The predicted octanol–water partition coefficient (Wildman–Crippen LogP) is 13.2. The third kappa shape index (κ3) is 5.40. The Bertz CT molecular complexity index is 2160. The standard InChI is InChI=1S/C47H39N/c1-2-7-34(8-3-1)36-19-25-42(26-20-36)48(44-29-23-39(24-30-44)46-12-6-10-38-9-4-5-11-45(38)46)43-27-21-37(22-28-43)35-15-17-40(18-16-35)47-32-33-13-14-41(47)31-33/h1-12,15-30,33,41,47H,13-14,31-32H2. The number of hydrogen-bond acceptors (Lipinski definition) is 1. The minimum absolute atomic E-state index is 0.772. The van der Waals surface area contributed by atoms with Crippen molar-refractivity contribution in [3.8, 4) is 33.4 Å². The van der Waals surface area contributed by atoms with E-state index in [0.29, 0.717) is 0 Å². The molecule has 2 aliphatic carbocycles. The smallest absolute Gasteiger partial charge is 0.0462 e. The van der Waals surface area contributed by atoms with Crippen molar-refractivity contribution in [2.24, 2.45) is 11.8 Å². The van der Waals surface area contributed by atoms with Crippen molar-refractivity contribution in [2.45, 2.75) is 31.6 Å². The topological polar surface area (TPSA) is 3.24 Å². The average molecular weight is 618 g/mol. The van der Waals surface area contributed by atoms with Crippen molar-refractivity contribution in [2.75, 3.05) is 4.90 Å². The molecule has 0 radical (unpaired) electrons. The van der Waals surface area contributed by atoms with Crippen molar-refractivity contribution in [3.05, 3.63) is 175 Å². The molecule has 3 unspecified atom stereocenters. The summed E-state index contributed by atoms with van der Waals surface area (Å²) in [4.78, 5) is 2.36. The fourth-order valence-corrected chi connectivity index (χ4v) is 8.53. The molecule has 1 nitrogen and oxygen atoms in total. The molecule has 232 valence electrons. The second kappa shape index (κ2) is 12.3. The normalized spacial score (nSPS) is 18.3. The molecule has 2 aliphatic rings. The van der Waals surface area contributed by atoms with Crippen LogP contribution in [0.4, 0.5) is 17.1 Å². The van der Waals surface area contributed by atoms with Crippen LogP contribution in [0.1, 0.15) is 37.2 Å². The van der Waals surface area contributed by atoms with Crippen LogP contribution >= 0.6 is 0 Å². The largest absolute Gasteiger partial charge is 0.311 e. The van der Waals surface area contributed by atoms with Crippen LogP contribution in [0.3, 0.4) is 0 Å². The molecule has 2 bridgehead atoms. The minimum Gasteiger partial charge on any atom is -0.311 e. The number of fused-ring (bicyclic) bond motifs is 3. The first-order valence-corrected chi connectivity index (χ1v) is 17.5. The molecule has 2 saturated carbocycles. The molecule has 0 aromatic heterocycles. The van der Waals surface area contributed by atoms with E-state index in [-0.39, 0.29) is 0 Å². The zero-order chi connectivity index (χ0) is 31.9. The molecule has 0 spiro atoms. The van der Waals surface area contributed by atoms with E-state index < -0.39 is 0 Å². The molecule has 0 aliphatic heterocycles. The molecule has 1 heteroatoms. The lowest BCUT2D eigenvalue weighted by Gasteiger charge is -2.26. The van der Waals surface area contributed by atoms with Crippen LogP contribution in [0.2, 0.25) is 0 Å². The number of rotatable bonds is 7. The molecule has 3 atom stereocenters. The third-order valence-corrected chi connectivity index (χ3v) is 11.0. The van der Waals surface area contributed by atoms with Crippen LogP contribution in [-0.2, 0) is 0 Å². The fourth-order valence-electron chi connectivity index (χ4n) is 8.53. The van der Waals surface area contributed by atoms with E-state index in [1.807, 2.05) is 0 Å². The van der Waals surface area contributed by atoms with Gasteiger partial charge in [-0.2, -0.15) is 0 Å². The molecule has 0 amide bonds. The summed E-state index contributed by atoms with van der Waals surface area (Å²) in [5.74, 6) is 2.65. The van der Waals surface area contributed by atoms with Crippen LogP contribution in [0.5, 0.6) is 0 Å². The number of hydrogen-bond donors (Lipinski definition) is 0. The van der Waals surface area contributed by atoms with Crippen LogP contribution in [-0.4, -0.2) is 0 Å². The van der Waals surface area contributed by atoms with Gasteiger partial charge in [-0.3, -0.25) is 0 Å². The van der Waals surface area contributed by atoms with Crippen LogP contribution in [0, 0.1) is 11.8 Å². The Balaban J connectivity index is 1.04. The summed E-state index contributed by atoms with van der Waals surface area (Å²) in [7, 11) is 0. The van der Waals surface area contributed by atoms with Gasteiger partial charge in [-0.15, -0.1) is 0 Å². The Kier molecular flexibility index (Phi) is 7.39. The number of benzene rings is 7.